The average Bonchev–Trinajstić information content (AvgIpc) is 3.75. The van der Waals surface area contributed by atoms with Gasteiger partial charge in [0.15, 0.2) is 0 Å². The Morgan fingerprint density at radius 1 is 0.717 bits per heavy atom. The minimum Gasteiger partial charge on any atom is -0.510 e. The first-order valence-electron chi connectivity index (χ1n) is 19.0. The number of rotatable bonds is 6. The van der Waals surface area contributed by atoms with Crippen LogP contribution in [0.2, 0.25) is 0 Å². The maximum absolute atomic E-state index is 7.98. The molecular formula is C47H42N4OPt-2. The van der Waals surface area contributed by atoms with Gasteiger partial charge in [0, 0.05) is 54.6 Å². The van der Waals surface area contributed by atoms with Crippen molar-refractivity contribution in [1.82, 2.24) is 14.1 Å². The van der Waals surface area contributed by atoms with E-state index in [1.54, 1.807) is 6.07 Å². The van der Waals surface area contributed by atoms with Gasteiger partial charge in [0.25, 0.3) is 6.33 Å². The van der Waals surface area contributed by atoms with Crippen molar-refractivity contribution >= 4 is 21.8 Å². The second-order valence-corrected chi connectivity index (χ2v) is 15.3. The summed E-state index contributed by atoms with van der Waals surface area (Å²) in [6, 6.07) is 45.1. The standard InChI is InChI=1S/C47H42N4O.Pt/c1-32-22-23-48-45(24-32)51-42-19-12-11-18-40(42)41-21-20-39(29-43(41)51)52-38-17-13-16-36(28-38)50-31-49(30-44(50)47(5,6)7)37-26-34(33-14-9-8-10-15-33)25-35(27-37)46(2,3)4;/h8-27,30H,1-7H3;/q-2;/i1D3;. The molecule has 53 heavy (non-hydrogen) atoms. The van der Waals surface area contributed by atoms with Crippen LogP contribution in [0.1, 0.15) is 62.5 Å². The van der Waals surface area contributed by atoms with E-state index in [1.807, 2.05) is 65.2 Å². The Labute approximate surface area is 331 Å². The van der Waals surface area contributed by atoms with Crippen LogP contribution in [0, 0.1) is 25.3 Å². The Morgan fingerprint density at radius 3 is 2.26 bits per heavy atom. The second-order valence-electron chi connectivity index (χ2n) is 15.3. The summed E-state index contributed by atoms with van der Waals surface area (Å²) < 4.78 is 36.5. The molecular weight excluding hydrogens is 832 g/mol. The van der Waals surface area contributed by atoms with Gasteiger partial charge >= 0.3 is 0 Å². The quantitative estimate of drug-likeness (QED) is 0.123. The molecule has 0 aliphatic heterocycles. The molecule has 0 saturated carbocycles. The molecule has 6 heteroatoms. The van der Waals surface area contributed by atoms with Crippen LogP contribution in [0.3, 0.4) is 0 Å². The number of ether oxygens (including phenoxy) is 1. The van der Waals surface area contributed by atoms with Gasteiger partial charge in [-0.2, -0.15) is 18.2 Å². The fraction of sp³-hybridized carbons (Fsp3) is 0.191. The van der Waals surface area contributed by atoms with Crippen molar-refractivity contribution in [2.24, 2.45) is 0 Å². The molecule has 0 aliphatic carbocycles. The van der Waals surface area contributed by atoms with Crippen molar-refractivity contribution in [3.05, 3.63) is 163 Å². The number of imidazole rings is 1. The predicted molar refractivity (Wildman–Crippen MR) is 210 cm³/mol. The first-order chi connectivity index (χ1) is 26.1. The minimum atomic E-state index is -2.26. The van der Waals surface area contributed by atoms with E-state index in [0.717, 1.165) is 44.4 Å². The predicted octanol–water partition coefficient (Wildman–Crippen LogP) is 11.0. The van der Waals surface area contributed by atoms with E-state index < -0.39 is 6.85 Å². The fourth-order valence-corrected chi connectivity index (χ4v) is 6.65. The van der Waals surface area contributed by atoms with E-state index in [0.29, 0.717) is 17.3 Å². The number of benzene rings is 5. The second kappa shape index (κ2) is 13.9. The zero-order valence-electron chi connectivity index (χ0n) is 33.6. The summed E-state index contributed by atoms with van der Waals surface area (Å²) in [4.78, 5) is 4.58. The molecule has 0 unspecified atom stereocenters. The Bertz CT molecular complexity index is 2700. The van der Waals surface area contributed by atoms with Crippen molar-refractivity contribution in [2.75, 3.05) is 0 Å². The molecule has 8 aromatic rings. The summed E-state index contributed by atoms with van der Waals surface area (Å²) in [5, 5.41) is 1.96. The van der Waals surface area contributed by atoms with Gasteiger partial charge in [0.1, 0.15) is 5.82 Å². The summed E-state index contributed by atoms with van der Waals surface area (Å²) in [5.74, 6) is 1.51. The van der Waals surface area contributed by atoms with E-state index in [9.17, 15) is 0 Å². The summed E-state index contributed by atoms with van der Waals surface area (Å²) in [7, 11) is 0. The molecule has 5 aromatic carbocycles. The first-order valence-corrected chi connectivity index (χ1v) is 17.5. The molecule has 3 heterocycles. The molecule has 0 aliphatic rings. The third-order valence-corrected chi connectivity index (χ3v) is 9.38. The molecule has 0 atom stereocenters. The van der Waals surface area contributed by atoms with Crippen molar-refractivity contribution in [2.45, 2.75) is 59.2 Å². The Kier molecular flexibility index (Phi) is 8.53. The molecule has 0 saturated heterocycles. The first kappa shape index (κ1) is 32.4. The summed E-state index contributed by atoms with van der Waals surface area (Å²) in [5.41, 5.74) is 8.02. The molecule has 0 fully saturated rings. The van der Waals surface area contributed by atoms with Crippen molar-refractivity contribution in [3.8, 4) is 39.8 Å². The van der Waals surface area contributed by atoms with Gasteiger partial charge in [-0.25, -0.2) is 4.98 Å². The molecule has 0 radical (unpaired) electrons. The smallest absolute Gasteiger partial charge is 0.267 e. The van der Waals surface area contributed by atoms with Crippen molar-refractivity contribution in [1.29, 1.82) is 0 Å². The third-order valence-electron chi connectivity index (χ3n) is 9.38. The van der Waals surface area contributed by atoms with E-state index in [1.165, 1.54) is 23.4 Å². The zero-order chi connectivity index (χ0) is 38.7. The van der Waals surface area contributed by atoms with Gasteiger partial charge in [-0.05, 0) is 81.3 Å². The van der Waals surface area contributed by atoms with E-state index >= 15 is 0 Å². The maximum Gasteiger partial charge on any atom is 0.267 e. The Hall–Kier alpha value is -5.25. The van der Waals surface area contributed by atoms with Gasteiger partial charge in [-0.3, -0.25) is 4.57 Å². The normalized spacial score (nSPS) is 13.0. The van der Waals surface area contributed by atoms with Crippen LogP contribution in [0.4, 0.5) is 0 Å². The van der Waals surface area contributed by atoms with Gasteiger partial charge < -0.3 is 13.9 Å². The number of aryl methyl sites for hydroxylation is 1. The van der Waals surface area contributed by atoms with E-state index in [2.05, 4.69) is 123 Å². The van der Waals surface area contributed by atoms with Gasteiger partial charge in [0.05, 0.1) is 11.4 Å². The van der Waals surface area contributed by atoms with Crippen LogP contribution in [-0.2, 0) is 31.9 Å². The summed E-state index contributed by atoms with van der Waals surface area (Å²) >= 11 is 0. The van der Waals surface area contributed by atoms with Gasteiger partial charge in [-0.1, -0.05) is 102 Å². The van der Waals surface area contributed by atoms with E-state index in [-0.39, 0.29) is 37.5 Å². The molecule has 8 rings (SSSR count). The van der Waals surface area contributed by atoms with Gasteiger partial charge in [-0.15, -0.1) is 29.7 Å². The molecule has 0 spiro atoms. The number of fused-ring (bicyclic) bond motifs is 3. The van der Waals surface area contributed by atoms with Gasteiger partial charge in [0.2, 0.25) is 0 Å². The van der Waals surface area contributed by atoms with Crippen LogP contribution in [-0.4, -0.2) is 14.1 Å². The van der Waals surface area contributed by atoms with Crippen LogP contribution in [0.25, 0.3) is 50.1 Å². The Balaban J connectivity index is 0.00000480. The molecule has 3 aromatic heterocycles. The monoisotopic (exact) mass is 876 g/mol. The largest absolute Gasteiger partial charge is 0.510 e. The van der Waals surface area contributed by atoms with Crippen LogP contribution >= 0.6 is 0 Å². The number of nitrogens with zero attached hydrogens (tertiary/aromatic N) is 4. The SMILES string of the molecule is [2H]C([2H])([2H])c1ccnc(-n2c3[c-]c(Oc4[c-]c(-n5[c-][n+](-c6cc(-c7ccccc7)cc(C(C)(C)C)c6)cc5C(C)(C)C)ccc4)ccc3c3ccccc32)c1.[Pt]. The number of hydrogen-bond acceptors (Lipinski definition) is 2. The number of hydrogen-bond donors (Lipinski definition) is 0. The number of pyridine rings is 1. The average molecular weight is 877 g/mol. The molecule has 0 N–H and O–H groups in total. The molecule has 268 valence electrons. The van der Waals surface area contributed by atoms with Crippen LogP contribution in [0.5, 0.6) is 11.5 Å². The van der Waals surface area contributed by atoms with Crippen molar-refractivity contribution < 1.29 is 34.5 Å². The number of aromatic nitrogens is 4. The summed E-state index contributed by atoms with van der Waals surface area (Å²) in [6.07, 6.45) is 7.34. The van der Waals surface area contributed by atoms with Crippen LogP contribution in [0.15, 0.2) is 128 Å². The molecule has 0 amide bonds. The maximum atomic E-state index is 7.98. The minimum absolute atomic E-state index is 0. The molecule has 0 bridgehead atoms. The topological polar surface area (TPSA) is 35.9 Å². The Morgan fingerprint density at radius 2 is 1.49 bits per heavy atom. The zero-order valence-corrected chi connectivity index (χ0v) is 32.9. The molecule has 5 nitrogen and oxygen atoms in total. The van der Waals surface area contributed by atoms with Crippen LogP contribution < -0.4 is 9.30 Å². The summed E-state index contributed by atoms with van der Waals surface area (Å²) in [6.45, 7) is 11.1. The third kappa shape index (κ3) is 7.11. The number of para-hydroxylation sites is 1. The fourth-order valence-electron chi connectivity index (χ4n) is 6.65. The van der Waals surface area contributed by atoms with E-state index in [4.69, 9.17) is 8.85 Å². The van der Waals surface area contributed by atoms with Crippen molar-refractivity contribution in [3.63, 3.8) is 0 Å².